The highest BCUT2D eigenvalue weighted by atomic mass is 16.2. The summed E-state index contributed by atoms with van der Waals surface area (Å²) in [6.07, 6.45) is 0. The van der Waals surface area contributed by atoms with Gasteiger partial charge in [-0.05, 0) is 59.4 Å². The van der Waals surface area contributed by atoms with Gasteiger partial charge in [-0.15, -0.1) is 0 Å². The molecule has 0 N–H and O–H groups in total. The summed E-state index contributed by atoms with van der Waals surface area (Å²) in [5, 5.41) is 10.0. The lowest BCUT2D eigenvalue weighted by Gasteiger charge is -2.39. The third kappa shape index (κ3) is 3.61. The minimum atomic E-state index is -1.49. The lowest BCUT2D eigenvalue weighted by atomic mass is 9.59. The van der Waals surface area contributed by atoms with Gasteiger partial charge in [-0.25, -0.2) is 4.90 Å². The number of carbonyl (C=O) groups excluding carboxylic acids is 3. The highest BCUT2D eigenvalue weighted by Crippen LogP contribution is 2.74. The van der Waals surface area contributed by atoms with E-state index < -0.39 is 34.5 Å². The van der Waals surface area contributed by atoms with Gasteiger partial charge in [0.25, 0.3) is 0 Å². The maximum Gasteiger partial charge on any atom is 0.239 e. The molecule has 0 unspecified atom stereocenters. The monoisotopic (exact) mass is 610 g/mol. The van der Waals surface area contributed by atoms with Gasteiger partial charge >= 0.3 is 0 Å². The van der Waals surface area contributed by atoms with Crippen LogP contribution in [0.2, 0.25) is 0 Å². The summed E-state index contributed by atoms with van der Waals surface area (Å²) in [5.41, 5.74) is 4.13. The summed E-state index contributed by atoms with van der Waals surface area (Å²) in [6, 6.07) is 44.0. The zero-order valence-electron chi connectivity index (χ0n) is 26.0. The predicted molar refractivity (Wildman–Crippen MR) is 181 cm³/mol. The zero-order chi connectivity index (χ0) is 32.5. The average Bonchev–Trinajstić information content (AvgIpc) is 3.61. The third-order valence-electron chi connectivity index (χ3n) is 10.4. The molecule has 5 aromatic rings. The Morgan fingerprint density at radius 2 is 0.957 bits per heavy atom. The van der Waals surface area contributed by atoms with Gasteiger partial charge in [-0.3, -0.25) is 14.4 Å². The number of nitriles is 1. The SMILES string of the molecule is Cc1ccc(C2=C(c3ccc(C)cc3)[C@@]3(c4ccccc4)C(=O)[C@@]2(c2ccccc2)[C@@H]2C(=O)N(c4ccccc4C#N)C(=O)[C@@H]23)cc1. The van der Waals surface area contributed by atoms with Crippen molar-refractivity contribution < 1.29 is 14.4 Å². The number of hydrogen-bond acceptors (Lipinski definition) is 4. The van der Waals surface area contributed by atoms with Crippen molar-refractivity contribution in [1.29, 1.82) is 5.26 Å². The van der Waals surface area contributed by atoms with E-state index in [-0.39, 0.29) is 17.0 Å². The standard InChI is InChI=1S/C42H30N2O3/c1-26-17-21-28(22-18-26)34-35(29-23-19-27(2)20-24-29)42(32-14-7-4-8-15-32)37-36(41(34,40(42)47)31-12-5-3-6-13-31)38(45)44(39(37)46)33-16-10-9-11-30(33)25-43/h3-24,36-37H,1-2H3/t36-,37+,41-,42-/m1/s1. The van der Waals surface area contributed by atoms with Gasteiger partial charge in [0.15, 0.2) is 5.78 Å². The van der Waals surface area contributed by atoms with Crippen molar-refractivity contribution in [2.75, 3.05) is 4.90 Å². The fourth-order valence-corrected chi connectivity index (χ4v) is 8.57. The van der Waals surface area contributed by atoms with Gasteiger partial charge in [-0.2, -0.15) is 5.26 Å². The molecule has 1 saturated heterocycles. The molecule has 1 aliphatic heterocycles. The number of para-hydroxylation sites is 1. The van der Waals surface area contributed by atoms with Crippen LogP contribution in [-0.2, 0) is 25.2 Å². The van der Waals surface area contributed by atoms with Gasteiger partial charge in [0.05, 0.1) is 33.9 Å². The van der Waals surface area contributed by atoms with Gasteiger partial charge in [-0.1, -0.05) is 132 Å². The number of anilines is 1. The zero-order valence-corrected chi connectivity index (χ0v) is 26.0. The molecular weight excluding hydrogens is 580 g/mol. The molecule has 4 atom stereocenters. The highest BCUT2D eigenvalue weighted by Gasteiger charge is 2.82. The number of aryl methyl sites for hydroxylation is 2. The van der Waals surface area contributed by atoms with E-state index in [0.29, 0.717) is 11.1 Å². The van der Waals surface area contributed by atoms with E-state index in [4.69, 9.17) is 0 Å². The minimum Gasteiger partial charge on any atom is -0.297 e. The predicted octanol–water partition coefficient (Wildman–Crippen LogP) is 7.36. The summed E-state index contributed by atoms with van der Waals surface area (Å²) < 4.78 is 0. The fourth-order valence-electron chi connectivity index (χ4n) is 8.57. The van der Waals surface area contributed by atoms with E-state index in [1.54, 1.807) is 24.3 Å². The second-order valence-electron chi connectivity index (χ2n) is 12.8. The second-order valence-corrected chi connectivity index (χ2v) is 12.8. The number of fused-ring (bicyclic) bond motifs is 5. The molecule has 0 aromatic heterocycles. The molecule has 1 saturated carbocycles. The molecule has 2 amide bonds. The maximum atomic E-state index is 16.0. The van der Waals surface area contributed by atoms with Crippen LogP contribution in [0, 0.1) is 37.0 Å². The molecule has 2 bridgehead atoms. The molecule has 5 aromatic carbocycles. The van der Waals surface area contributed by atoms with Crippen molar-refractivity contribution >= 4 is 34.4 Å². The smallest absolute Gasteiger partial charge is 0.239 e. The Hall–Kier alpha value is -5.86. The van der Waals surface area contributed by atoms with Crippen molar-refractivity contribution in [3.63, 3.8) is 0 Å². The number of benzene rings is 5. The van der Waals surface area contributed by atoms with Crippen LogP contribution in [-0.4, -0.2) is 17.6 Å². The van der Waals surface area contributed by atoms with Crippen molar-refractivity contribution in [3.8, 4) is 6.07 Å². The first kappa shape index (κ1) is 28.6. The fraction of sp³-hybridized carbons (Fsp3) is 0.143. The summed E-state index contributed by atoms with van der Waals surface area (Å²) in [7, 11) is 0. The van der Waals surface area contributed by atoms with Crippen molar-refractivity contribution in [3.05, 3.63) is 172 Å². The van der Waals surface area contributed by atoms with E-state index in [2.05, 4.69) is 6.07 Å². The Kier molecular flexibility index (Phi) is 6.29. The van der Waals surface area contributed by atoms with E-state index in [9.17, 15) is 5.26 Å². The Morgan fingerprint density at radius 1 is 0.553 bits per heavy atom. The average molecular weight is 611 g/mol. The highest BCUT2D eigenvalue weighted by molar-refractivity contribution is 6.39. The Bertz CT molecular complexity index is 2050. The number of hydrogen-bond donors (Lipinski definition) is 0. The Labute approximate surface area is 273 Å². The molecule has 8 rings (SSSR count). The number of Topliss-reactive ketones (excluding diaryl/α,β-unsaturated/α-hetero) is 1. The first-order valence-electron chi connectivity index (χ1n) is 15.8. The largest absolute Gasteiger partial charge is 0.297 e. The van der Waals surface area contributed by atoms with Gasteiger partial charge in [0.1, 0.15) is 6.07 Å². The first-order chi connectivity index (χ1) is 22.9. The molecule has 226 valence electrons. The van der Waals surface area contributed by atoms with Gasteiger partial charge in [0.2, 0.25) is 11.8 Å². The van der Waals surface area contributed by atoms with Gasteiger partial charge in [0, 0.05) is 0 Å². The molecule has 47 heavy (non-hydrogen) atoms. The van der Waals surface area contributed by atoms with Gasteiger partial charge < -0.3 is 0 Å². The van der Waals surface area contributed by atoms with E-state index >= 15 is 14.4 Å². The van der Waals surface area contributed by atoms with Crippen LogP contribution in [0.4, 0.5) is 5.69 Å². The molecule has 2 fully saturated rings. The quantitative estimate of drug-likeness (QED) is 0.195. The lowest BCUT2D eigenvalue weighted by molar-refractivity contribution is -0.130. The molecular formula is C42H30N2O3. The van der Waals surface area contributed by atoms with Crippen LogP contribution in [0.5, 0.6) is 0 Å². The number of ketones is 1. The summed E-state index contributed by atoms with van der Waals surface area (Å²) in [6.45, 7) is 4.03. The van der Waals surface area contributed by atoms with Crippen LogP contribution in [0.3, 0.4) is 0 Å². The molecule has 1 heterocycles. The topological polar surface area (TPSA) is 78.2 Å². The van der Waals surface area contributed by atoms with Crippen LogP contribution in [0.25, 0.3) is 11.1 Å². The second kappa shape index (κ2) is 10.3. The molecule has 5 heteroatoms. The van der Waals surface area contributed by atoms with Crippen LogP contribution >= 0.6 is 0 Å². The van der Waals surface area contributed by atoms with Crippen molar-refractivity contribution in [1.82, 2.24) is 0 Å². The van der Waals surface area contributed by atoms with Crippen LogP contribution in [0.1, 0.15) is 38.9 Å². The van der Waals surface area contributed by atoms with Crippen LogP contribution < -0.4 is 4.90 Å². The third-order valence-corrected chi connectivity index (χ3v) is 10.4. The molecule has 0 radical (unpaired) electrons. The number of carbonyl (C=O) groups is 3. The van der Waals surface area contributed by atoms with Crippen molar-refractivity contribution in [2.45, 2.75) is 24.7 Å². The minimum absolute atomic E-state index is 0.168. The van der Waals surface area contributed by atoms with E-state index in [1.165, 1.54) is 4.90 Å². The summed E-state index contributed by atoms with van der Waals surface area (Å²) >= 11 is 0. The lowest BCUT2D eigenvalue weighted by Crippen LogP contribution is -2.45. The number of allylic oxidation sites excluding steroid dienone is 2. The van der Waals surface area contributed by atoms with Crippen molar-refractivity contribution in [2.24, 2.45) is 11.8 Å². The summed E-state index contributed by atoms with van der Waals surface area (Å²) in [4.78, 5) is 47.3. The Morgan fingerprint density at radius 3 is 1.38 bits per heavy atom. The number of rotatable bonds is 5. The molecule has 5 nitrogen and oxygen atoms in total. The van der Waals surface area contributed by atoms with E-state index in [0.717, 1.165) is 33.4 Å². The first-order valence-corrected chi connectivity index (χ1v) is 15.8. The maximum absolute atomic E-state index is 16.0. The van der Waals surface area contributed by atoms with Crippen LogP contribution in [0.15, 0.2) is 133 Å². The molecule has 3 aliphatic rings. The number of imide groups is 1. The number of amides is 2. The molecule has 0 spiro atoms. The molecule has 2 aliphatic carbocycles. The van der Waals surface area contributed by atoms with E-state index in [1.807, 2.05) is 123 Å². The summed E-state index contributed by atoms with van der Waals surface area (Å²) in [5.74, 6) is -3.18. The number of nitrogens with zero attached hydrogens (tertiary/aromatic N) is 2. The Balaban J connectivity index is 1.56. The normalized spacial score (nSPS) is 24.5.